The molecule has 0 atom stereocenters. The van der Waals surface area contributed by atoms with Gasteiger partial charge in [-0.15, -0.1) is 0 Å². The molecule has 0 saturated heterocycles. The van der Waals surface area contributed by atoms with Crippen LogP contribution in [0.5, 0.6) is 5.75 Å². The van der Waals surface area contributed by atoms with Gasteiger partial charge in [-0.05, 0) is 24.3 Å². The van der Waals surface area contributed by atoms with Crippen LogP contribution < -0.4 is 15.6 Å². The van der Waals surface area contributed by atoms with E-state index < -0.39 is 0 Å². The Balaban J connectivity index is 1.85. The second kappa shape index (κ2) is 6.72. The van der Waals surface area contributed by atoms with E-state index in [1.54, 1.807) is 42.5 Å². The summed E-state index contributed by atoms with van der Waals surface area (Å²) >= 11 is 6.02. The van der Waals surface area contributed by atoms with Gasteiger partial charge in [0.15, 0.2) is 5.75 Å². The molecule has 0 fully saturated rings. The molecule has 0 aliphatic heterocycles. The Hall–Kier alpha value is -2.86. The van der Waals surface area contributed by atoms with Gasteiger partial charge in [0.2, 0.25) is 5.91 Å². The molecular weight excluding hydrogens is 330 g/mol. The predicted molar refractivity (Wildman–Crippen MR) is 92.6 cm³/mol. The summed E-state index contributed by atoms with van der Waals surface area (Å²) in [5.74, 6) is -0.00810. The normalized spacial score (nSPS) is 10.6. The minimum absolute atomic E-state index is 0.160. The highest BCUT2D eigenvalue weighted by molar-refractivity contribution is 6.32. The van der Waals surface area contributed by atoms with Gasteiger partial charge in [-0.3, -0.25) is 14.2 Å². The van der Waals surface area contributed by atoms with Crippen LogP contribution in [0.3, 0.4) is 0 Å². The summed E-state index contributed by atoms with van der Waals surface area (Å²) in [6, 6.07) is 12.0. The number of aromatic nitrogens is 2. The molecule has 7 heteroatoms. The fourth-order valence-corrected chi connectivity index (χ4v) is 2.63. The maximum absolute atomic E-state index is 12.4. The van der Waals surface area contributed by atoms with Gasteiger partial charge in [-0.2, -0.15) is 0 Å². The molecular formula is C17H14ClN3O3. The lowest BCUT2D eigenvalue weighted by Crippen LogP contribution is -2.28. The Morgan fingerprint density at radius 3 is 2.83 bits per heavy atom. The molecule has 0 radical (unpaired) electrons. The maximum Gasteiger partial charge on any atom is 0.261 e. The van der Waals surface area contributed by atoms with Crippen molar-refractivity contribution in [2.75, 3.05) is 12.4 Å². The van der Waals surface area contributed by atoms with Crippen molar-refractivity contribution in [2.45, 2.75) is 6.54 Å². The van der Waals surface area contributed by atoms with Crippen LogP contribution in [0.2, 0.25) is 5.02 Å². The zero-order valence-corrected chi connectivity index (χ0v) is 13.6. The van der Waals surface area contributed by atoms with E-state index in [2.05, 4.69) is 10.3 Å². The number of nitrogens with one attached hydrogen (secondary N) is 1. The van der Waals surface area contributed by atoms with E-state index in [9.17, 15) is 9.59 Å². The van der Waals surface area contributed by atoms with Crippen molar-refractivity contribution in [1.29, 1.82) is 0 Å². The highest BCUT2D eigenvalue weighted by Crippen LogP contribution is 2.32. The van der Waals surface area contributed by atoms with Gasteiger partial charge in [0.1, 0.15) is 6.54 Å². The predicted octanol–water partition coefficient (Wildman–Crippen LogP) is 2.70. The van der Waals surface area contributed by atoms with Gasteiger partial charge in [-0.1, -0.05) is 29.8 Å². The van der Waals surface area contributed by atoms with Crippen LogP contribution in [0.25, 0.3) is 10.9 Å². The lowest BCUT2D eigenvalue weighted by atomic mass is 10.2. The first-order valence-electron chi connectivity index (χ1n) is 7.16. The van der Waals surface area contributed by atoms with Crippen molar-refractivity contribution in [3.8, 4) is 5.75 Å². The van der Waals surface area contributed by atoms with E-state index in [1.165, 1.54) is 18.0 Å². The second-order valence-corrected chi connectivity index (χ2v) is 5.47. The van der Waals surface area contributed by atoms with E-state index in [0.29, 0.717) is 27.4 Å². The first-order valence-corrected chi connectivity index (χ1v) is 7.54. The maximum atomic E-state index is 12.4. The first kappa shape index (κ1) is 16.0. The number of halogens is 1. The minimum atomic E-state index is -0.380. The van der Waals surface area contributed by atoms with E-state index in [0.717, 1.165) is 0 Å². The van der Waals surface area contributed by atoms with Gasteiger partial charge in [0, 0.05) is 0 Å². The summed E-state index contributed by atoms with van der Waals surface area (Å²) < 4.78 is 6.44. The molecule has 0 unspecified atom stereocenters. The number of anilines is 1. The number of nitrogens with zero attached hydrogens (tertiary/aromatic N) is 2. The van der Waals surface area contributed by atoms with Crippen LogP contribution in [-0.4, -0.2) is 22.6 Å². The van der Waals surface area contributed by atoms with Crippen molar-refractivity contribution >= 4 is 34.1 Å². The molecule has 1 heterocycles. The lowest BCUT2D eigenvalue weighted by molar-refractivity contribution is -0.116. The number of carbonyl (C=O) groups excluding carboxylic acids is 1. The second-order valence-electron chi connectivity index (χ2n) is 5.06. The summed E-state index contributed by atoms with van der Waals surface area (Å²) in [6.07, 6.45) is 1.36. The molecule has 122 valence electrons. The number of rotatable bonds is 4. The minimum Gasteiger partial charge on any atom is -0.493 e. The number of hydrogen-bond acceptors (Lipinski definition) is 4. The van der Waals surface area contributed by atoms with Gasteiger partial charge in [-0.25, -0.2) is 4.98 Å². The standard InChI is InChI=1S/C17H14ClN3O3/c1-24-16-12(18)6-4-8-14(16)20-15(22)9-21-10-19-13-7-3-2-5-11(13)17(21)23/h2-8,10H,9H2,1H3,(H,20,22). The molecule has 24 heavy (non-hydrogen) atoms. The van der Waals surface area contributed by atoms with Crippen LogP contribution in [0, 0.1) is 0 Å². The van der Waals surface area contributed by atoms with E-state index in [-0.39, 0.29) is 18.0 Å². The van der Waals surface area contributed by atoms with E-state index >= 15 is 0 Å². The molecule has 0 aliphatic rings. The zero-order valence-electron chi connectivity index (χ0n) is 12.8. The summed E-state index contributed by atoms with van der Waals surface area (Å²) in [5.41, 5.74) is 0.765. The highest BCUT2D eigenvalue weighted by atomic mass is 35.5. The third-order valence-corrected chi connectivity index (χ3v) is 3.79. The topological polar surface area (TPSA) is 73.2 Å². The van der Waals surface area contributed by atoms with Crippen LogP contribution >= 0.6 is 11.6 Å². The van der Waals surface area contributed by atoms with Crippen molar-refractivity contribution in [3.63, 3.8) is 0 Å². The number of benzene rings is 2. The number of amides is 1. The SMILES string of the molecule is COc1c(Cl)cccc1NC(=O)Cn1cnc2ccccc2c1=O. The van der Waals surface area contributed by atoms with E-state index in [1.807, 2.05) is 0 Å². The molecule has 1 amide bonds. The Kier molecular flexibility index (Phi) is 4.48. The molecule has 3 aromatic rings. The van der Waals surface area contributed by atoms with Crippen molar-refractivity contribution in [3.05, 3.63) is 64.2 Å². The molecule has 3 rings (SSSR count). The lowest BCUT2D eigenvalue weighted by Gasteiger charge is -2.12. The fraction of sp³-hybridized carbons (Fsp3) is 0.118. The summed E-state index contributed by atoms with van der Waals surface area (Å²) in [4.78, 5) is 28.8. The summed E-state index contributed by atoms with van der Waals surface area (Å²) in [5, 5.41) is 3.54. The van der Waals surface area contributed by atoms with Crippen LogP contribution in [0.1, 0.15) is 0 Å². The van der Waals surface area contributed by atoms with Crippen LogP contribution in [0.4, 0.5) is 5.69 Å². The number of hydrogen-bond donors (Lipinski definition) is 1. The van der Waals surface area contributed by atoms with Crippen molar-refractivity contribution in [1.82, 2.24) is 9.55 Å². The number of fused-ring (bicyclic) bond motifs is 1. The molecule has 0 aliphatic carbocycles. The average Bonchev–Trinajstić information content (AvgIpc) is 2.58. The van der Waals surface area contributed by atoms with Crippen molar-refractivity contribution < 1.29 is 9.53 Å². The van der Waals surface area contributed by atoms with Crippen molar-refractivity contribution in [2.24, 2.45) is 0 Å². The van der Waals surface area contributed by atoms with E-state index in [4.69, 9.17) is 16.3 Å². The molecule has 0 spiro atoms. The largest absolute Gasteiger partial charge is 0.493 e. The van der Waals surface area contributed by atoms with Gasteiger partial charge in [0.25, 0.3) is 5.56 Å². The monoisotopic (exact) mass is 343 g/mol. The Bertz CT molecular complexity index is 969. The van der Waals surface area contributed by atoms with Gasteiger partial charge >= 0.3 is 0 Å². The number of carbonyl (C=O) groups is 1. The summed E-state index contributed by atoms with van der Waals surface area (Å²) in [7, 11) is 1.47. The number of ether oxygens (including phenoxy) is 1. The molecule has 1 N–H and O–H groups in total. The molecule has 2 aromatic carbocycles. The number of para-hydroxylation sites is 2. The third-order valence-electron chi connectivity index (χ3n) is 3.49. The molecule has 0 bridgehead atoms. The fourth-order valence-electron chi connectivity index (χ4n) is 2.38. The van der Waals surface area contributed by atoms with Gasteiger partial charge in [0.05, 0.1) is 35.1 Å². The molecule has 6 nitrogen and oxygen atoms in total. The number of methoxy groups -OCH3 is 1. The first-order chi connectivity index (χ1) is 11.6. The Labute approximate surface area is 142 Å². The van der Waals surface area contributed by atoms with Crippen LogP contribution in [-0.2, 0) is 11.3 Å². The Morgan fingerprint density at radius 2 is 2.04 bits per heavy atom. The zero-order chi connectivity index (χ0) is 17.1. The Morgan fingerprint density at radius 1 is 1.25 bits per heavy atom. The quantitative estimate of drug-likeness (QED) is 0.790. The smallest absolute Gasteiger partial charge is 0.261 e. The molecule has 0 saturated carbocycles. The highest BCUT2D eigenvalue weighted by Gasteiger charge is 2.12. The third kappa shape index (κ3) is 3.09. The molecule has 1 aromatic heterocycles. The van der Waals surface area contributed by atoms with Gasteiger partial charge < -0.3 is 10.1 Å². The summed E-state index contributed by atoms with van der Waals surface area (Å²) in [6.45, 7) is -0.160. The van der Waals surface area contributed by atoms with Crippen LogP contribution in [0.15, 0.2) is 53.6 Å². The average molecular weight is 344 g/mol.